The van der Waals surface area contributed by atoms with Gasteiger partial charge in [-0.1, -0.05) is 22.0 Å². The van der Waals surface area contributed by atoms with Crippen molar-refractivity contribution in [3.8, 4) is 5.75 Å². The van der Waals surface area contributed by atoms with Crippen molar-refractivity contribution in [1.29, 1.82) is 0 Å². The maximum atomic E-state index is 5.52. The molecule has 0 N–H and O–H groups in total. The third kappa shape index (κ3) is 3.49. The molecular weight excluding hydrogens is 491 g/mol. The highest BCUT2D eigenvalue weighted by atomic mass is 127. The highest BCUT2D eigenvalue weighted by Gasteiger charge is 2.13. The van der Waals surface area contributed by atoms with Crippen LogP contribution in [0, 0.1) is 2.88 Å². The number of hydrogen-bond donors (Lipinski definition) is 0. The Kier molecular flexibility index (Phi) is 5.53. The Hall–Kier alpha value is 0.410. The van der Waals surface area contributed by atoms with E-state index in [1.165, 1.54) is 14.0 Å². The van der Waals surface area contributed by atoms with Gasteiger partial charge in [0, 0.05) is 0 Å². The van der Waals surface area contributed by atoms with Crippen LogP contribution >= 0.6 is 65.8 Å². The van der Waals surface area contributed by atoms with Crippen LogP contribution in [0.1, 0.15) is 22.9 Å². The van der Waals surface area contributed by atoms with Crippen molar-refractivity contribution >= 4 is 65.8 Å². The second-order valence-corrected chi connectivity index (χ2v) is 8.25. The Bertz CT molecular complexity index is 542. The van der Waals surface area contributed by atoms with Crippen LogP contribution in [0.4, 0.5) is 0 Å². The number of benzene rings is 1. The van der Waals surface area contributed by atoms with Crippen molar-refractivity contribution in [2.45, 2.75) is 11.8 Å². The Balaban J connectivity index is 2.26. The second kappa shape index (κ2) is 6.72. The highest BCUT2D eigenvalue weighted by molar-refractivity contribution is 14.1. The molecule has 0 aliphatic rings. The van der Waals surface area contributed by atoms with E-state index in [2.05, 4.69) is 78.0 Å². The number of hydrogen-bond acceptors (Lipinski definition) is 2. The summed E-state index contributed by atoms with van der Waals surface area (Å²) in [5, 5.41) is 2.19. The smallest absolute Gasteiger partial charge is 0.133 e. The van der Waals surface area contributed by atoms with Gasteiger partial charge in [0.25, 0.3) is 0 Å². The zero-order valence-corrected chi connectivity index (χ0v) is 15.8. The SMILES string of the molecule is CCOc1ccc(C(Br)c2csc(I)c2)cc1Br. The molecule has 0 aliphatic heterocycles. The summed E-state index contributed by atoms with van der Waals surface area (Å²) in [5.74, 6) is 0.890. The summed E-state index contributed by atoms with van der Waals surface area (Å²) in [6.07, 6.45) is 0. The highest BCUT2D eigenvalue weighted by Crippen LogP contribution is 2.37. The van der Waals surface area contributed by atoms with Gasteiger partial charge in [0.15, 0.2) is 0 Å². The number of alkyl halides is 1. The average Bonchev–Trinajstić information content (AvgIpc) is 2.78. The summed E-state index contributed by atoms with van der Waals surface area (Å²) in [4.78, 5) is 0.226. The lowest BCUT2D eigenvalue weighted by Crippen LogP contribution is -1.95. The third-order valence-electron chi connectivity index (χ3n) is 2.43. The summed E-state index contributed by atoms with van der Waals surface area (Å²) in [6.45, 7) is 2.67. The van der Waals surface area contributed by atoms with Gasteiger partial charge in [-0.2, -0.15) is 0 Å². The summed E-state index contributed by atoms with van der Waals surface area (Å²) in [5.41, 5.74) is 2.51. The topological polar surface area (TPSA) is 9.23 Å². The molecule has 18 heavy (non-hydrogen) atoms. The minimum Gasteiger partial charge on any atom is -0.493 e. The lowest BCUT2D eigenvalue weighted by molar-refractivity contribution is 0.338. The molecule has 0 fully saturated rings. The average molecular weight is 502 g/mol. The van der Waals surface area contributed by atoms with E-state index < -0.39 is 0 Å². The monoisotopic (exact) mass is 500 g/mol. The van der Waals surface area contributed by atoms with Crippen molar-refractivity contribution in [2.75, 3.05) is 6.61 Å². The van der Waals surface area contributed by atoms with Crippen LogP contribution in [-0.2, 0) is 0 Å². The van der Waals surface area contributed by atoms with E-state index >= 15 is 0 Å². The number of thiophene rings is 1. The first kappa shape index (κ1) is 14.8. The van der Waals surface area contributed by atoms with Crippen molar-refractivity contribution in [2.24, 2.45) is 0 Å². The number of ether oxygens (including phenoxy) is 1. The van der Waals surface area contributed by atoms with Crippen molar-refractivity contribution in [3.63, 3.8) is 0 Å². The van der Waals surface area contributed by atoms with E-state index in [-0.39, 0.29) is 4.83 Å². The van der Waals surface area contributed by atoms with Crippen LogP contribution in [-0.4, -0.2) is 6.61 Å². The van der Waals surface area contributed by atoms with Gasteiger partial charge in [-0.15, -0.1) is 11.3 Å². The normalized spacial score (nSPS) is 12.4. The van der Waals surface area contributed by atoms with E-state index in [4.69, 9.17) is 4.74 Å². The molecule has 1 nitrogen and oxygen atoms in total. The van der Waals surface area contributed by atoms with E-state index in [1.807, 2.05) is 13.0 Å². The van der Waals surface area contributed by atoms with Crippen LogP contribution < -0.4 is 4.74 Å². The fraction of sp³-hybridized carbons (Fsp3) is 0.231. The van der Waals surface area contributed by atoms with E-state index in [0.717, 1.165) is 10.2 Å². The molecule has 0 saturated carbocycles. The summed E-state index contributed by atoms with van der Waals surface area (Å²) in [6, 6.07) is 8.41. The predicted molar refractivity (Wildman–Crippen MR) is 93.1 cm³/mol. The summed E-state index contributed by atoms with van der Waals surface area (Å²) in [7, 11) is 0. The molecule has 5 heteroatoms. The molecule has 0 spiro atoms. The molecule has 1 unspecified atom stereocenters. The van der Waals surface area contributed by atoms with Crippen LogP contribution in [0.2, 0.25) is 0 Å². The first-order chi connectivity index (χ1) is 8.61. The Labute approximate surface area is 141 Å². The minimum atomic E-state index is 0.226. The van der Waals surface area contributed by atoms with E-state index in [0.29, 0.717) is 6.61 Å². The van der Waals surface area contributed by atoms with Gasteiger partial charge in [0.05, 0.1) is 18.8 Å². The Morgan fingerprint density at radius 3 is 2.67 bits per heavy atom. The first-order valence-corrected chi connectivity index (χ1v) is 9.08. The predicted octanol–water partition coefficient (Wildman–Crippen LogP) is 6.00. The van der Waals surface area contributed by atoms with Gasteiger partial charge in [-0.05, 0) is 80.2 Å². The molecule has 0 aliphatic carbocycles. The van der Waals surface area contributed by atoms with Crippen LogP contribution in [0.3, 0.4) is 0 Å². The van der Waals surface area contributed by atoms with E-state index in [1.54, 1.807) is 11.3 Å². The number of halogens is 3. The van der Waals surface area contributed by atoms with Crippen LogP contribution in [0.5, 0.6) is 5.75 Å². The summed E-state index contributed by atoms with van der Waals surface area (Å²) < 4.78 is 7.82. The minimum absolute atomic E-state index is 0.226. The van der Waals surface area contributed by atoms with Crippen molar-refractivity contribution < 1.29 is 4.74 Å². The van der Waals surface area contributed by atoms with Gasteiger partial charge in [-0.25, -0.2) is 0 Å². The second-order valence-electron chi connectivity index (χ2n) is 3.67. The lowest BCUT2D eigenvalue weighted by Gasteiger charge is -2.11. The van der Waals surface area contributed by atoms with Gasteiger partial charge >= 0.3 is 0 Å². The molecule has 1 atom stereocenters. The maximum absolute atomic E-state index is 5.52. The Morgan fingerprint density at radius 2 is 2.11 bits per heavy atom. The molecule has 1 aromatic carbocycles. The third-order valence-corrected chi connectivity index (χ3v) is 5.91. The largest absolute Gasteiger partial charge is 0.493 e. The van der Waals surface area contributed by atoms with Gasteiger partial charge < -0.3 is 4.74 Å². The van der Waals surface area contributed by atoms with E-state index in [9.17, 15) is 0 Å². The molecular formula is C13H11Br2IOS. The quantitative estimate of drug-likeness (QED) is 0.369. The van der Waals surface area contributed by atoms with Crippen molar-refractivity contribution in [3.05, 3.63) is 48.1 Å². The van der Waals surface area contributed by atoms with Crippen molar-refractivity contribution in [1.82, 2.24) is 0 Å². The van der Waals surface area contributed by atoms with Crippen LogP contribution in [0.25, 0.3) is 0 Å². The first-order valence-electron chi connectivity index (χ1n) is 5.42. The number of rotatable bonds is 4. The molecule has 0 radical (unpaired) electrons. The standard InChI is InChI=1S/C13H11Br2IOS/c1-2-17-11-4-3-8(5-10(11)14)13(15)9-6-12(16)18-7-9/h3-7,13H,2H2,1H3. The molecule has 1 heterocycles. The summed E-state index contributed by atoms with van der Waals surface area (Å²) >= 11 is 11.4. The fourth-order valence-electron chi connectivity index (χ4n) is 1.60. The molecule has 2 rings (SSSR count). The molecule has 0 amide bonds. The Morgan fingerprint density at radius 1 is 1.33 bits per heavy atom. The lowest BCUT2D eigenvalue weighted by atomic mass is 10.1. The van der Waals surface area contributed by atoms with Crippen LogP contribution in [0.15, 0.2) is 34.1 Å². The fourth-order valence-corrected chi connectivity index (χ4v) is 4.23. The van der Waals surface area contributed by atoms with Gasteiger partial charge in [0.1, 0.15) is 5.75 Å². The molecule has 96 valence electrons. The molecule has 1 aromatic heterocycles. The van der Waals surface area contributed by atoms with Gasteiger partial charge in [0.2, 0.25) is 0 Å². The zero-order valence-electron chi connectivity index (χ0n) is 9.62. The molecule has 2 aromatic rings. The van der Waals surface area contributed by atoms with Gasteiger partial charge in [-0.3, -0.25) is 0 Å². The molecule has 0 saturated heterocycles. The molecule has 0 bridgehead atoms. The maximum Gasteiger partial charge on any atom is 0.133 e. The zero-order chi connectivity index (χ0) is 13.1.